The normalized spacial score (nSPS) is 12.8. The number of unbranched alkanes of at least 4 members (excludes halogenated alkanes) is 15. The van der Waals surface area contributed by atoms with Gasteiger partial charge >= 0.3 is 17.9 Å². The van der Waals surface area contributed by atoms with Crippen LogP contribution in [0.25, 0.3) is 0 Å². The summed E-state index contributed by atoms with van der Waals surface area (Å²) in [5.41, 5.74) is 0. The van der Waals surface area contributed by atoms with Crippen molar-refractivity contribution in [1.29, 1.82) is 0 Å². The van der Waals surface area contributed by atoms with E-state index in [1.165, 1.54) is 51.4 Å². The van der Waals surface area contributed by atoms with Gasteiger partial charge < -0.3 is 14.2 Å². The van der Waals surface area contributed by atoms with Crippen LogP contribution < -0.4 is 0 Å². The quantitative estimate of drug-likeness (QED) is 0.0268. The second-order valence-electron chi connectivity index (χ2n) is 14.6. The van der Waals surface area contributed by atoms with Crippen molar-refractivity contribution >= 4 is 17.9 Å². The van der Waals surface area contributed by atoms with Crippen LogP contribution in [-0.4, -0.2) is 37.2 Å². The van der Waals surface area contributed by atoms with Gasteiger partial charge in [-0.3, -0.25) is 14.4 Å². The summed E-state index contributed by atoms with van der Waals surface area (Å²) in [6.45, 7) is 6.31. The Kier molecular flexibility index (Phi) is 41.6. The maximum Gasteiger partial charge on any atom is 0.309 e. The predicted molar refractivity (Wildman–Crippen MR) is 237 cm³/mol. The van der Waals surface area contributed by atoms with Gasteiger partial charge in [0.15, 0.2) is 6.10 Å². The Labute approximate surface area is 344 Å². The largest absolute Gasteiger partial charge is 0.462 e. The smallest absolute Gasteiger partial charge is 0.309 e. The molecule has 6 nitrogen and oxygen atoms in total. The lowest BCUT2D eigenvalue weighted by Gasteiger charge is -2.18. The first-order valence-electron chi connectivity index (χ1n) is 22.6. The Hall–Kier alpha value is -3.41. The summed E-state index contributed by atoms with van der Waals surface area (Å²) in [6, 6.07) is 0. The minimum absolute atomic E-state index is 0.115. The summed E-state index contributed by atoms with van der Waals surface area (Å²) in [5.74, 6) is -1.08. The zero-order chi connectivity index (χ0) is 40.8. The maximum absolute atomic E-state index is 12.7. The summed E-state index contributed by atoms with van der Waals surface area (Å²) >= 11 is 0. The first-order valence-corrected chi connectivity index (χ1v) is 22.6. The van der Waals surface area contributed by atoms with E-state index in [2.05, 4.69) is 93.7 Å². The van der Waals surface area contributed by atoms with E-state index in [-0.39, 0.29) is 31.6 Å². The van der Waals surface area contributed by atoms with Crippen molar-refractivity contribution in [1.82, 2.24) is 0 Å². The van der Waals surface area contributed by atoms with Gasteiger partial charge in [-0.25, -0.2) is 0 Å². The third kappa shape index (κ3) is 41.7. The lowest BCUT2D eigenvalue weighted by atomic mass is 10.1. The molecule has 0 spiro atoms. The van der Waals surface area contributed by atoms with Crippen LogP contribution in [0, 0.1) is 0 Å². The van der Waals surface area contributed by atoms with Crippen molar-refractivity contribution in [2.75, 3.05) is 13.2 Å². The van der Waals surface area contributed by atoms with Gasteiger partial charge in [0.05, 0.1) is 6.42 Å². The highest BCUT2D eigenvalue weighted by Gasteiger charge is 2.19. The SMILES string of the molecule is CC/C=C\C/C=C\C/C=C\C/C=C\C/C=C\CC(=O)OCC(COC(=O)CCCCCCC/C=C\CCC)OC(=O)CCCCCCC/C=C\CCCCCC. The molecule has 0 aromatic heterocycles. The predicted octanol–water partition coefficient (Wildman–Crippen LogP) is 14.5. The van der Waals surface area contributed by atoms with E-state index in [1.54, 1.807) is 6.08 Å². The summed E-state index contributed by atoms with van der Waals surface area (Å²) in [4.78, 5) is 37.6. The number of carbonyl (C=O) groups excluding carboxylic acids is 3. The van der Waals surface area contributed by atoms with Gasteiger partial charge in [0.1, 0.15) is 13.2 Å². The molecule has 6 heteroatoms. The average Bonchev–Trinajstić information content (AvgIpc) is 3.19. The molecule has 1 atom stereocenters. The molecule has 56 heavy (non-hydrogen) atoms. The minimum Gasteiger partial charge on any atom is -0.462 e. The highest BCUT2D eigenvalue weighted by Crippen LogP contribution is 2.12. The third-order valence-electron chi connectivity index (χ3n) is 9.12. The number of esters is 3. The van der Waals surface area contributed by atoms with Gasteiger partial charge in [-0.1, -0.05) is 170 Å². The van der Waals surface area contributed by atoms with E-state index < -0.39 is 12.1 Å². The van der Waals surface area contributed by atoms with E-state index in [1.807, 2.05) is 6.08 Å². The van der Waals surface area contributed by atoms with Crippen LogP contribution in [0.1, 0.15) is 194 Å². The molecule has 0 saturated carbocycles. The Morgan fingerprint density at radius 3 is 1.30 bits per heavy atom. The maximum atomic E-state index is 12.7. The van der Waals surface area contributed by atoms with Crippen molar-refractivity contribution in [3.63, 3.8) is 0 Å². The van der Waals surface area contributed by atoms with Gasteiger partial charge in [-0.05, 0) is 89.9 Å². The van der Waals surface area contributed by atoms with Crippen molar-refractivity contribution in [2.45, 2.75) is 200 Å². The van der Waals surface area contributed by atoms with E-state index in [4.69, 9.17) is 14.2 Å². The summed E-state index contributed by atoms with van der Waals surface area (Å²) < 4.78 is 16.6. The molecule has 0 amide bonds. The molecular formula is C50H82O6. The second kappa shape index (κ2) is 44.3. The zero-order valence-corrected chi connectivity index (χ0v) is 36.1. The fourth-order valence-electron chi connectivity index (χ4n) is 5.74. The molecule has 0 saturated heterocycles. The molecule has 1 unspecified atom stereocenters. The standard InChI is InChI=1S/C50H82O6/c1-4-7-10-13-16-19-22-24-25-27-28-31-34-37-40-43-49(52)55-46-47(45-54-48(51)42-39-36-33-30-21-18-15-12-9-6-3)56-50(53)44-41-38-35-32-29-26-23-20-17-14-11-8-5-2/h7,10,12,15-16,19-20,23-25,28,31,37,40,47H,4-6,8-9,11,13-14,17-18,21-22,26-27,29-30,32-36,38-39,41-46H2,1-3H3/b10-7-,15-12-,19-16-,23-20-,25-24-,31-28-,40-37-. The van der Waals surface area contributed by atoms with Gasteiger partial charge in [-0.2, -0.15) is 0 Å². The molecule has 0 aliphatic heterocycles. The van der Waals surface area contributed by atoms with Crippen LogP contribution in [-0.2, 0) is 28.6 Å². The van der Waals surface area contributed by atoms with Gasteiger partial charge in [0, 0.05) is 12.8 Å². The van der Waals surface area contributed by atoms with Crippen LogP contribution in [0.2, 0.25) is 0 Å². The third-order valence-corrected chi connectivity index (χ3v) is 9.12. The average molecular weight is 779 g/mol. The molecule has 0 aromatic carbocycles. The summed E-state index contributed by atoms with van der Waals surface area (Å²) in [7, 11) is 0. The zero-order valence-electron chi connectivity index (χ0n) is 36.1. The number of hydrogen-bond donors (Lipinski definition) is 0. The number of rotatable bonds is 39. The van der Waals surface area contributed by atoms with E-state index in [0.29, 0.717) is 12.8 Å². The van der Waals surface area contributed by atoms with Crippen molar-refractivity contribution in [3.8, 4) is 0 Å². The number of carbonyl (C=O) groups is 3. The lowest BCUT2D eigenvalue weighted by molar-refractivity contribution is -0.166. The highest BCUT2D eigenvalue weighted by atomic mass is 16.6. The van der Waals surface area contributed by atoms with Crippen LogP contribution in [0.15, 0.2) is 85.1 Å². The molecule has 0 aliphatic carbocycles. The molecule has 0 rings (SSSR count). The topological polar surface area (TPSA) is 78.9 Å². The van der Waals surface area contributed by atoms with Gasteiger partial charge in [0.25, 0.3) is 0 Å². The fraction of sp³-hybridized carbons (Fsp3) is 0.660. The molecule has 0 aliphatic rings. The molecule has 0 N–H and O–H groups in total. The number of allylic oxidation sites excluding steroid dienone is 13. The molecule has 0 heterocycles. The Morgan fingerprint density at radius 2 is 0.804 bits per heavy atom. The van der Waals surface area contributed by atoms with Crippen molar-refractivity contribution < 1.29 is 28.6 Å². The Morgan fingerprint density at radius 1 is 0.393 bits per heavy atom. The molecule has 0 radical (unpaired) electrons. The molecule has 0 bridgehead atoms. The highest BCUT2D eigenvalue weighted by molar-refractivity contribution is 5.72. The first kappa shape index (κ1) is 52.6. The van der Waals surface area contributed by atoms with Crippen molar-refractivity contribution in [3.05, 3.63) is 85.1 Å². The van der Waals surface area contributed by atoms with Crippen LogP contribution >= 0.6 is 0 Å². The summed E-state index contributed by atoms with van der Waals surface area (Å²) in [5, 5.41) is 0. The van der Waals surface area contributed by atoms with E-state index in [9.17, 15) is 14.4 Å². The molecule has 318 valence electrons. The lowest BCUT2D eigenvalue weighted by Crippen LogP contribution is -2.30. The first-order chi connectivity index (χ1) is 27.5. The monoisotopic (exact) mass is 779 g/mol. The second-order valence-corrected chi connectivity index (χ2v) is 14.6. The Balaban J connectivity index is 4.54. The van der Waals surface area contributed by atoms with Gasteiger partial charge in [-0.15, -0.1) is 0 Å². The number of ether oxygens (including phenoxy) is 3. The van der Waals surface area contributed by atoms with Crippen LogP contribution in [0.5, 0.6) is 0 Å². The summed E-state index contributed by atoms with van der Waals surface area (Å²) in [6.07, 6.45) is 55.9. The molecule has 0 aromatic rings. The van der Waals surface area contributed by atoms with Crippen LogP contribution in [0.4, 0.5) is 0 Å². The molecular weight excluding hydrogens is 697 g/mol. The van der Waals surface area contributed by atoms with Crippen LogP contribution in [0.3, 0.4) is 0 Å². The van der Waals surface area contributed by atoms with Crippen molar-refractivity contribution in [2.24, 2.45) is 0 Å². The van der Waals surface area contributed by atoms with E-state index in [0.717, 1.165) is 103 Å². The number of hydrogen-bond acceptors (Lipinski definition) is 6. The Bertz CT molecular complexity index is 1120. The fourth-order valence-corrected chi connectivity index (χ4v) is 5.74. The van der Waals surface area contributed by atoms with E-state index >= 15 is 0 Å². The minimum atomic E-state index is -0.821. The van der Waals surface area contributed by atoms with Gasteiger partial charge in [0.2, 0.25) is 0 Å². The molecule has 0 fully saturated rings.